The lowest BCUT2D eigenvalue weighted by Crippen LogP contribution is -1.88. The van der Waals surface area contributed by atoms with Crippen LogP contribution in [0.1, 0.15) is 29.5 Å². The third-order valence-corrected chi connectivity index (χ3v) is 3.47. The number of fused-ring (bicyclic) bond motifs is 3. The first kappa shape index (κ1) is 8.72. The van der Waals surface area contributed by atoms with Crippen molar-refractivity contribution in [2.75, 3.05) is 0 Å². The van der Waals surface area contributed by atoms with E-state index in [0.29, 0.717) is 5.92 Å². The second-order valence-electron chi connectivity index (χ2n) is 4.35. The minimum Gasteiger partial charge on any atom is -0.0619 e. The lowest BCUT2D eigenvalue weighted by Gasteiger charge is -2.06. The summed E-state index contributed by atoms with van der Waals surface area (Å²) in [5.74, 6) is 0.552. The molecular formula is C15H14. The molecule has 0 radical (unpaired) electrons. The Labute approximate surface area is 90.6 Å². The van der Waals surface area contributed by atoms with Crippen molar-refractivity contribution in [3.8, 4) is 11.1 Å². The fourth-order valence-corrected chi connectivity index (χ4v) is 2.69. The molecular weight excluding hydrogens is 180 g/mol. The largest absolute Gasteiger partial charge is 0.0619 e. The lowest BCUT2D eigenvalue weighted by molar-refractivity contribution is 0.956. The Morgan fingerprint density at radius 3 is 2.47 bits per heavy atom. The molecule has 0 bridgehead atoms. The van der Waals surface area contributed by atoms with Gasteiger partial charge in [-0.2, -0.15) is 0 Å². The first-order valence-electron chi connectivity index (χ1n) is 5.48. The highest BCUT2D eigenvalue weighted by Gasteiger charge is 2.25. The highest BCUT2D eigenvalue weighted by Crippen LogP contribution is 2.45. The first-order chi connectivity index (χ1) is 7.29. The predicted octanol–water partition coefficient (Wildman–Crippen LogP) is 4.13. The molecule has 0 heterocycles. The number of benzene rings is 2. The molecule has 2 aromatic rings. The van der Waals surface area contributed by atoms with Crippen LogP contribution in [0.3, 0.4) is 0 Å². The van der Waals surface area contributed by atoms with Crippen molar-refractivity contribution < 1.29 is 0 Å². The van der Waals surface area contributed by atoms with E-state index in [9.17, 15) is 0 Å². The van der Waals surface area contributed by atoms with Crippen molar-refractivity contribution in [1.29, 1.82) is 0 Å². The average molecular weight is 194 g/mol. The van der Waals surface area contributed by atoms with E-state index in [4.69, 9.17) is 0 Å². The standard InChI is InChI=1S/C15H14/c1-10-6-5-9-13-11(2)12-7-3-4-8-14(12)15(10)13/h3-9,11H,1-2H3/t11-/m1/s1. The summed E-state index contributed by atoms with van der Waals surface area (Å²) in [6.45, 7) is 4.50. The SMILES string of the molecule is Cc1cccc2c1-c1ccccc1[C@H]2C. The highest BCUT2D eigenvalue weighted by molar-refractivity contribution is 5.80. The van der Waals surface area contributed by atoms with Gasteiger partial charge in [-0.3, -0.25) is 0 Å². The van der Waals surface area contributed by atoms with Gasteiger partial charge in [0.25, 0.3) is 0 Å². The van der Waals surface area contributed by atoms with Gasteiger partial charge in [-0.05, 0) is 34.7 Å². The third kappa shape index (κ3) is 1.08. The van der Waals surface area contributed by atoms with E-state index in [0.717, 1.165) is 0 Å². The van der Waals surface area contributed by atoms with Gasteiger partial charge in [-0.15, -0.1) is 0 Å². The van der Waals surface area contributed by atoms with E-state index >= 15 is 0 Å². The molecule has 0 nitrogen and oxygen atoms in total. The first-order valence-corrected chi connectivity index (χ1v) is 5.48. The predicted molar refractivity (Wildman–Crippen MR) is 64.1 cm³/mol. The van der Waals surface area contributed by atoms with Crippen molar-refractivity contribution >= 4 is 0 Å². The van der Waals surface area contributed by atoms with Gasteiger partial charge in [0.15, 0.2) is 0 Å². The van der Waals surface area contributed by atoms with Gasteiger partial charge in [-0.1, -0.05) is 49.4 Å². The Hall–Kier alpha value is -1.56. The van der Waals surface area contributed by atoms with E-state index < -0.39 is 0 Å². The highest BCUT2D eigenvalue weighted by atomic mass is 14.3. The fraction of sp³-hybridized carbons (Fsp3) is 0.200. The summed E-state index contributed by atoms with van der Waals surface area (Å²) in [5.41, 5.74) is 7.24. The third-order valence-electron chi connectivity index (χ3n) is 3.47. The summed E-state index contributed by atoms with van der Waals surface area (Å²) in [6, 6.07) is 15.4. The Morgan fingerprint density at radius 1 is 0.867 bits per heavy atom. The van der Waals surface area contributed by atoms with Crippen LogP contribution >= 0.6 is 0 Å². The molecule has 0 aliphatic heterocycles. The van der Waals surface area contributed by atoms with Gasteiger partial charge in [0, 0.05) is 5.92 Å². The molecule has 1 aliphatic rings. The van der Waals surface area contributed by atoms with Crippen LogP contribution in [0, 0.1) is 6.92 Å². The summed E-state index contributed by atoms with van der Waals surface area (Å²) in [7, 11) is 0. The Kier molecular flexibility index (Phi) is 1.72. The van der Waals surface area contributed by atoms with Crippen molar-refractivity contribution in [2.45, 2.75) is 19.8 Å². The zero-order valence-electron chi connectivity index (χ0n) is 9.12. The second kappa shape index (κ2) is 2.96. The number of hydrogen-bond donors (Lipinski definition) is 0. The quantitative estimate of drug-likeness (QED) is 0.591. The van der Waals surface area contributed by atoms with Crippen molar-refractivity contribution in [3.63, 3.8) is 0 Å². The lowest BCUT2D eigenvalue weighted by atomic mass is 9.98. The maximum Gasteiger partial charge on any atom is 0.00734 e. The van der Waals surface area contributed by atoms with Crippen molar-refractivity contribution in [2.24, 2.45) is 0 Å². The van der Waals surface area contributed by atoms with Crippen molar-refractivity contribution in [1.82, 2.24) is 0 Å². The topological polar surface area (TPSA) is 0 Å². The molecule has 74 valence electrons. The summed E-state index contributed by atoms with van der Waals surface area (Å²) < 4.78 is 0. The fourth-order valence-electron chi connectivity index (χ4n) is 2.69. The van der Waals surface area contributed by atoms with Crippen LogP contribution in [0.15, 0.2) is 42.5 Å². The van der Waals surface area contributed by atoms with Gasteiger partial charge in [-0.25, -0.2) is 0 Å². The Balaban J connectivity index is 2.39. The monoisotopic (exact) mass is 194 g/mol. The van der Waals surface area contributed by atoms with E-state index in [1.165, 1.54) is 27.8 Å². The normalized spacial score (nSPS) is 17.3. The molecule has 0 aromatic heterocycles. The second-order valence-corrected chi connectivity index (χ2v) is 4.35. The average Bonchev–Trinajstić information content (AvgIpc) is 2.55. The van der Waals surface area contributed by atoms with E-state index in [1.807, 2.05) is 0 Å². The van der Waals surface area contributed by atoms with Crippen LogP contribution in [0.2, 0.25) is 0 Å². The molecule has 0 heteroatoms. The van der Waals surface area contributed by atoms with Gasteiger partial charge in [0.2, 0.25) is 0 Å². The van der Waals surface area contributed by atoms with Crippen LogP contribution in [0.25, 0.3) is 11.1 Å². The van der Waals surface area contributed by atoms with E-state index in [1.54, 1.807) is 0 Å². The molecule has 3 rings (SSSR count). The zero-order valence-corrected chi connectivity index (χ0v) is 9.12. The maximum atomic E-state index is 2.30. The number of rotatable bonds is 0. The zero-order chi connectivity index (χ0) is 10.4. The summed E-state index contributed by atoms with van der Waals surface area (Å²) in [5, 5.41) is 0. The molecule has 0 spiro atoms. The van der Waals surface area contributed by atoms with E-state index in [2.05, 4.69) is 56.3 Å². The van der Waals surface area contributed by atoms with Gasteiger partial charge < -0.3 is 0 Å². The molecule has 2 aromatic carbocycles. The van der Waals surface area contributed by atoms with Crippen LogP contribution < -0.4 is 0 Å². The molecule has 0 saturated carbocycles. The van der Waals surface area contributed by atoms with Gasteiger partial charge in [0.1, 0.15) is 0 Å². The van der Waals surface area contributed by atoms with Crippen LogP contribution in [0.4, 0.5) is 0 Å². The summed E-state index contributed by atoms with van der Waals surface area (Å²) in [4.78, 5) is 0. The smallest absolute Gasteiger partial charge is 0.00734 e. The van der Waals surface area contributed by atoms with Crippen LogP contribution in [0.5, 0.6) is 0 Å². The van der Waals surface area contributed by atoms with Crippen molar-refractivity contribution in [3.05, 3.63) is 59.2 Å². The van der Waals surface area contributed by atoms with E-state index in [-0.39, 0.29) is 0 Å². The summed E-state index contributed by atoms with van der Waals surface area (Å²) in [6.07, 6.45) is 0. The number of hydrogen-bond acceptors (Lipinski definition) is 0. The molecule has 0 unspecified atom stereocenters. The molecule has 0 saturated heterocycles. The molecule has 0 N–H and O–H groups in total. The Morgan fingerprint density at radius 2 is 1.60 bits per heavy atom. The Bertz CT molecular complexity index is 523. The maximum absolute atomic E-state index is 2.30. The summed E-state index contributed by atoms with van der Waals surface area (Å²) >= 11 is 0. The number of aryl methyl sites for hydroxylation is 1. The van der Waals surface area contributed by atoms with Crippen LogP contribution in [-0.2, 0) is 0 Å². The molecule has 15 heavy (non-hydrogen) atoms. The molecule has 1 aliphatic carbocycles. The van der Waals surface area contributed by atoms with Crippen LogP contribution in [-0.4, -0.2) is 0 Å². The molecule has 1 atom stereocenters. The van der Waals surface area contributed by atoms with Gasteiger partial charge in [0.05, 0.1) is 0 Å². The van der Waals surface area contributed by atoms with Gasteiger partial charge >= 0.3 is 0 Å². The minimum atomic E-state index is 0.552. The molecule has 0 amide bonds. The molecule has 0 fully saturated rings. The minimum absolute atomic E-state index is 0.552.